The molecule has 1 rings (SSSR count). The Morgan fingerprint density at radius 2 is 2.00 bits per heavy atom. The van der Waals surface area contributed by atoms with Gasteiger partial charge in [-0.25, -0.2) is 0 Å². The van der Waals surface area contributed by atoms with Crippen LogP contribution in [-0.4, -0.2) is 48.7 Å². The molecule has 0 aromatic carbocycles. The molecular formula is C14H28N2O2. The van der Waals surface area contributed by atoms with Crippen LogP contribution in [0, 0.1) is 5.92 Å². The summed E-state index contributed by atoms with van der Waals surface area (Å²) in [6.07, 6.45) is 7.43. The van der Waals surface area contributed by atoms with Crippen LogP contribution >= 0.6 is 0 Å². The summed E-state index contributed by atoms with van der Waals surface area (Å²) in [5.41, 5.74) is -0.805. The van der Waals surface area contributed by atoms with E-state index in [0.717, 1.165) is 19.0 Å². The van der Waals surface area contributed by atoms with Gasteiger partial charge in [-0.2, -0.15) is 0 Å². The Bertz CT molecular complexity index is 265. The number of carbonyl (C=O) groups is 1. The van der Waals surface area contributed by atoms with Gasteiger partial charge in [0.25, 0.3) is 0 Å². The zero-order chi connectivity index (χ0) is 13.6. The Morgan fingerprint density at radius 1 is 1.39 bits per heavy atom. The van der Waals surface area contributed by atoms with Gasteiger partial charge in [0.05, 0.1) is 0 Å². The number of hydrogen-bond acceptors (Lipinski definition) is 3. The molecule has 0 bridgehead atoms. The Balaban J connectivity index is 2.31. The maximum absolute atomic E-state index is 11.2. The molecule has 1 saturated carbocycles. The van der Waals surface area contributed by atoms with Crippen molar-refractivity contribution in [2.24, 2.45) is 5.92 Å². The highest BCUT2D eigenvalue weighted by Crippen LogP contribution is 2.24. The zero-order valence-electron chi connectivity index (χ0n) is 12.0. The average Bonchev–Trinajstić information content (AvgIpc) is 2.37. The first-order valence-electron chi connectivity index (χ1n) is 7.09. The number of hydrogen-bond donors (Lipinski definition) is 2. The van der Waals surface area contributed by atoms with Crippen LogP contribution in [0.1, 0.15) is 45.4 Å². The molecule has 0 aromatic rings. The minimum absolute atomic E-state index is 0.641. The summed E-state index contributed by atoms with van der Waals surface area (Å²) in [5, 5.41) is 12.1. The lowest BCUT2D eigenvalue weighted by Crippen LogP contribution is -2.49. The Labute approximate surface area is 111 Å². The summed E-state index contributed by atoms with van der Waals surface area (Å²) in [5.74, 6) is 0.0467. The lowest BCUT2D eigenvalue weighted by Gasteiger charge is -2.30. The van der Waals surface area contributed by atoms with Crippen molar-refractivity contribution >= 4 is 5.97 Å². The Morgan fingerprint density at radius 3 is 2.50 bits per heavy atom. The molecule has 1 atom stereocenters. The molecule has 1 aliphatic rings. The second-order valence-electron chi connectivity index (χ2n) is 5.90. The fourth-order valence-corrected chi connectivity index (χ4v) is 2.66. The van der Waals surface area contributed by atoms with Gasteiger partial charge >= 0.3 is 5.97 Å². The number of aliphatic carboxylic acids is 1. The van der Waals surface area contributed by atoms with Gasteiger partial charge in [-0.05, 0) is 46.2 Å². The molecule has 1 unspecified atom stereocenters. The van der Waals surface area contributed by atoms with E-state index in [2.05, 4.69) is 17.3 Å². The van der Waals surface area contributed by atoms with Crippen molar-refractivity contribution in [2.45, 2.75) is 51.0 Å². The van der Waals surface area contributed by atoms with Crippen LogP contribution < -0.4 is 5.32 Å². The third-order valence-corrected chi connectivity index (χ3v) is 4.31. The summed E-state index contributed by atoms with van der Waals surface area (Å²) in [6.45, 7) is 3.70. The van der Waals surface area contributed by atoms with Crippen LogP contribution in [0.15, 0.2) is 0 Å². The van der Waals surface area contributed by atoms with Crippen molar-refractivity contribution in [1.29, 1.82) is 0 Å². The van der Waals surface area contributed by atoms with Crippen LogP contribution in [0.2, 0.25) is 0 Å². The first kappa shape index (κ1) is 15.4. The number of nitrogens with one attached hydrogen (secondary N) is 1. The molecule has 0 heterocycles. The molecule has 0 amide bonds. The van der Waals surface area contributed by atoms with Gasteiger partial charge in [0.1, 0.15) is 5.54 Å². The van der Waals surface area contributed by atoms with Crippen LogP contribution in [0.25, 0.3) is 0 Å². The van der Waals surface area contributed by atoms with E-state index < -0.39 is 11.5 Å². The monoisotopic (exact) mass is 256 g/mol. The fourth-order valence-electron chi connectivity index (χ4n) is 2.66. The van der Waals surface area contributed by atoms with Gasteiger partial charge in [0, 0.05) is 13.1 Å². The lowest BCUT2D eigenvalue weighted by atomic mass is 9.89. The smallest absolute Gasteiger partial charge is 0.323 e. The van der Waals surface area contributed by atoms with Crippen molar-refractivity contribution in [1.82, 2.24) is 10.2 Å². The van der Waals surface area contributed by atoms with Gasteiger partial charge in [0.15, 0.2) is 0 Å². The predicted octanol–water partition coefficient (Wildman–Crippen LogP) is 1.95. The quantitative estimate of drug-likeness (QED) is 0.731. The van der Waals surface area contributed by atoms with E-state index in [-0.39, 0.29) is 0 Å². The third kappa shape index (κ3) is 4.58. The Kier molecular flexibility index (Phi) is 6.09. The maximum Gasteiger partial charge on any atom is 0.323 e. The summed E-state index contributed by atoms with van der Waals surface area (Å²) in [4.78, 5) is 13.5. The minimum atomic E-state index is -0.805. The largest absolute Gasteiger partial charge is 0.480 e. The van der Waals surface area contributed by atoms with Gasteiger partial charge in [0.2, 0.25) is 0 Å². The van der Waals surface area contributed by atoms with E-state index in [1.807, 2.05) is 0 Å². The van der Waals surface area contributed by atoms with Crippen LogP contribution in [0.5, 0.6) is 0 Å². The Hall–Kier alpha value is -0.610. The van der Waals surface area contributed by atoms with Crippen molar-refractivity contribution < 1.29 is 9.90 Å². The molecule has 2 N–H and O–H groups in total. The molecule has 0 radical (unpaired) electrons. The fraction of sp³-hybridized carbons (Fsp3) is 0.929. The summed E-state index contributed by atoms with van der Waals surface area (Å²) in [6, 6.07) is 0. The van der Waals surface area contributed by atoms with E-state index in [0.29, 0.717) is 6.42 Å². The van der Waals surface area contributed by atoms with Crippen LogP contribution in [-0.2, 0) is 4.79 Å². The zero-order valence-corrected chi connectivity index (χ0v) is 12.0. The summed E-state index contributed by atoms with van der Waals surface area (Å²) >= 11 is 0. The van der Waals surface area contributed by atoms with Crippen LogP contribution in [0.4, 0.5) is 0 Å². The predicted molar refractivity (Wildman–Crippen MR) is 73.8 cm³/mol. The highest BCUT2D eigenvalue weighted by Gasteiger charge is 2.31. The topological polar surface area (TPSA) is 52.6 Å². The molecule has 0 saturated heterocycles. The van der Waals surface area contributed by atoms with Gasteiger partial charge in [-0.3, -0.25) is 4.79 Å². The second kappa shape index (κ2) is 7.10. The molecule has 1 aliphatic carbocycles. The first-order valence-corrected chi connectivity index (χ1v) is 7.09. The molecule has 0 aliphatic heterocycles. The highest BCUT2D eigenvalue weighted by atomic mass is 16.4. The van der Waals surface area contributed by atoms with E-state index in [1.54, 1.807) is 14.0 Å². The number of likely N-dealkylation sites (N-methyl/N-ethyl adjacent to an activating group) is 1. The maximum atomic E-state index is 11.2. The van der Waals surface area contributed by atoms with Crippen molar-refractivity contribution in [3.8, 4) is 0 Å². The molecule has 4 heteroatoms. The van der Waals surface area contributed by atoms with Crippen LogP contribution in [0.3, 0.4) is 0 Å². The van der Waals surface area contributed by atoms with E-state index >= 15 is 0 Å². The molecule has 0 spiro atoms. The van der Waals surface area contributed by atoms with Gasteiger partial charge < -0.3 is 15.3 Å². The van der Waals surface area contributed by atoms with Crippen molar-refractivity contribution in [2.75, 3.05) is 27.2 Å². The molecule has 4 nitrogen and oxygen atoms in total. The number of carboxylic acid groups (broad SMARTS) is 1. The number of carboxylic acids is 1. The van der Waals surface area contributed by atoms with E-state index in [1.165, 1.54) is 32.1 Å². The molecular weight excluding hydrogens is 228 g/mol. The molecule has 1 fully saturated rings. The average molecular weight is 256 g/mol. The minimum Gasteiger partial charge on any atom is -0.480 e. The third-order valence-electron chi connectivity index (χ3n) is 4.31. The summed E-state index contributed by atoms with van der Waals surface area (Å²) < 4.78 is 0. The normalized spacial score (nSPS) is 20.9. The molecule has 106 valence electrons. The number of rotatable bonds is 7. The standard InChI is InChI=1S/C14H28N2O2/c1-14(15-2,13(17)18)9-10-16(3)11-12-7-5-4-6-8-12/h12,15H,4-11H2,1-3H3,(H,17,18). The van der Waals surface area contributed by atoms with Gasteiger partial charge in [-0.1, -0.05) is 19.3 Å². The highest BCUT2D eigenvalue weighted by molar-refractivity contribution is 5.78. The SMILES string of the molecule is CNC(C)(CCN(C)CC1CCCCC1)C(=O)O. The number of nitrogens with zero attached hydrogens (tertiary/aromatic N) is 1. The van der Waals surface area contributed by atoms with Crippen molar-refractivity contribution in [3.63, 3.8) is 0 Å². The first-order chi connectivity index (χ1) is 8.48. The second-order valence-corrected chi connectivity index (χ2v) is 5.90. The van der Waals surface area contributed by atoms with Crippen molar-refractivity contribution in [3.05, 3.63) is 0 Å². The molecule has 0 aromatic heterocycles. The van der Waals surface area contributed by atoms with E-state index in [9.17, 15) is 9.90 Å². The molecule has 18 heavy (non-hydrogen) atoms. The summed E-state index contributed by atoms with van der Waals surface area (Å²) in [7, 11) is 3.82. The van der Waals surface area contributed by atoms with E-state index in [4.69, 9.17) is 0 Å². The lowest BCUT2D eigenvalue weighted by molar-refractivity contribution is -0.144. The van der Waals surface area contributed by atoms with Gasteiger partial charge in [-0.15, -0.1) is 0 Å².